The van der Waals surface area contributed by atoms with E-state index in [4.69, 9.17) is 4.74 Å². The van der Waals surface area contributed by atoms with Crippen molar-refractivity contribution in [2.24, 2.45) is 5.92 Å². The van der Waals surface area contributed by atoms with Gasteiger partial charge in [0.05, 0.1) is 6.26 Å². The van der Waals surface area contributed by atoms with Crippen LogP contribution < -0.4 is 4.74 Å². The Morgan fingerprint density at radius 1 is 0.844 bits per heavy atom. The molecule has 1 atom stereocenters. The van der Waals surface area contributed by atoms with Gasteiger partial charge >= 0.3 is 0 Å². The molecule has 0 radical (unpaired) electrons. The summed E-state index contributed by atoms with van der Waals surface area (Å²) in [5.41, 5.74) is 3.90. The van der Waals surface area contributed by atoms with Crippen LogP contribution in [0.3, 0.4) is 0 Å². The van der Waals surface area contributed by atoms with E-state index in [1.54, 1.807) is 49.4 Å². The maximum absolute atomic E-state index is 14.9. The van der Waals surface area contributed by atoms with Crippen LogP contribution in [-0.4, -0.2) is 0 Å². The van der Waals surface area contributed by atoms with E-state index in [-0.39, 0.29) is 17.1 Å². The van der Waals surface area contributed by atoms with Crippen molar-refractivity contribution >= 4 is 5.57 Å². The van der Waals surface area contributed by atoms with Crippen molar-refractivity contribution in [1.82, 2.24) is 0 Å². The van der Waals surface area contributed by atoms with Gasteiger partial charge in [-0.15, -0.1) is 0 Å². The van der Waals surface area contributed by atoms with Gasteiger partial charge in [-0.05, 0) is 72.6 Å². The van der Waals surface area contributed by atoms with Gasteiger partial charge in [0.1, 0.15) is 5.82 Å². The molecule has 0 fully saturated rings. The van der Waals surface area contributed by atoms with E-state index < -0.39 is 11.6 Å². The highest BCUT2D eigenvalue weighted by molar-refractivity contribution is 5.74. The maximum atomic E-state index is 14.9. The van der Waals surface area contributed by atoms with Gasteiger partial charge in [-0.25, -0.2) is 8.78 Å². The Morgan fingerprint density at radius 2 is 1.50 bits per heavy atom. The first-order chi connectivity index (χ1) is 15.5. The fraction of sp³-hybridized carbons (Fsp3) is 0.214. The van der Waals surface area contributed by atoms with Crippen molar-refractivity contribution in [2.75, 3.05) is 0 Å². The SMILES string of the molecule is C/C=C\Oc1ccc(-c2ccc(-c3ccc(C4=CCC(C)CC4)cc3F)cc2)c(F)c1F. The lowest BCUT2D eigenvalue weighted by molar-refractivity contribution is 0.415. The number of hydrogen-bond donors (Lipinski definition) is 0. The van der Waals surface area contributed by atoms with Gasteiger partial charge in [-0.2, -0.15) is 4.39 Å². The minimum absolute atomic E-state index is 0.121. The number of hydrogen-bond acceptors (Lipinski definition) is 1. The summed E-state index contributed by atoms with van der Waals surface area (Å²) in [4.78, 5) is 0. The Kier molecular flexibility index (Phi) is 6.50. The second kappa shape index (κ2) is 9.47. The van der Waals surface area contributed by atoms with Gasteiger partial charge in [-0.1, -0.05) is 55.5 Å². The molecule has 1 aliphatic carbocycles. The Morgan fingerprint density at radius 3 is 2.12 bits per heavy atom. The quantitative estimate of drug-likeness (QED) is 0.366. The average molecular weight is 435 g/mol. The summed E-state index contributed by atoms with van der Waals surface area (Å²) < 4.78 is 48.8. The van der Waals surface area contributed by atoms with Crippen LogP contribution in [0.15, 0.2) is 73.0 Å². The molecule has 3 aromatic carbocycles. The second-order valence-corrected chi connectivity index (χ2v) is 8.21. The van der Waals surface area contributed by atoms with Gasteiger partial charge < -0.3 is 4.74 Å². The molecule has 0 heterocycles. The summed E-state index contributed by atoms with van der Waals surface area (Å²) >= 11 is 0. The first kappa shape index (κ1) is 21.9. The molecule has 32 heavy (non-hydrogen) atoms. The average Bonchev–Trinajstić information content (AvgIpc) is 2.81. The normalized spacial score (nSPS) is 16.3. The molecule has 0 amide bonds. The molecule has 1 nitrogen and oxygen atoms in total. The van der Waals surface area contributed by atoms with Crippen LogP contribution in [-0.2, 0) is 0 Å². The van der Waals surface area contributed by atoms with Crippen molar-refractivity contribution in [3.63, 3.8) is 0 Å². The van der Waals surface area contributed by atoms with Crippen LogP contribution in [0.5, 0.6) is 5.75 Å². The van der Waals surface area contributed by atoms with Crippen LogP contribution in [0.4, 0.5) is 13.2 Å². The molecule has 164 valence electrons. The van der Waals surface area contributed by atoms with Crippen molar-refractivity contribution in [3.8, 4) is 28.0 Å². The van der Waals surface area contributed by atoms with E-state index in [1.807, 2.05) is 6.07 Å². The van der Waals surface area contributed by atoms with Crippen LogP contribution >= 0.6 is 0 Å². The van der Waals surface area contributed by atoms with Crippen LogP contribution in [0.25, 0.3) is 27.8 Å². The molecular formula is C28H25F3O. The molecule has 3 aromatic rings. The van der Waals surface area contributed by atoms with Gasteiger partial charge in [0.15, 0.2) is 11.6 Å². The molecule has 0 aromatic heterocycles. The smallest absolute Gasteiger partial charge is 0.201 e. The van der Waals surface area contributed by atoms with Crippen molar-refractivity contribution in [3.05, 3.63) is 96.0 Å². The minimum Gasteiger partial charge on any atom is -0.462 e. The van der Waals surface area contributed by atoms with E-state index in [1.165, 1.54) is 24.0 Å². The maximum Gasteiger partial charge on any atom is 0.201 e. The lowest BCUT2D eigenvalue weighted by Gasteiger charge is -2.19. The van der Waals surface area contributed by atoms with E-state index in [9.17, 15) is 13.2 Å². The molecule has 4 rings (SSSR count). The molecular weight excluding hydrogens is 409 g/mol. The van der Waals surface area contributed by atoms with Gasteiger partial charge in [-0.3, -0.25) is 0 Å². The Hall–Kier alpha value is -3.27. The number of ether oxygens (including phenoxy) is 1. The summed E-state index contributed by atoms with van der Waals surface area (Å²) in [6, 6.07) is 15.0. The Balaban J connectivity index is 1.59. The second-order valence-electron chi connectivity index (χ2n) is 8.21. The largest absolute Gasteiger partial charge is 0.462 e. The third-order valence-electron chi connectivity index (χ3n) is 5.90. The number of allylic oxidation sites excluding steroid dienone is 3. The monoisotopic (exact) mass is 434 g/mol. The predicted molar refractivity (Wildman–Crippen MR) is 124 cm³/mol. The van der Waals surface area contributed by atoms with Crippen LogP contribution in [0.1, 0.15) is 38.7 Å². The molecule has 0 saturated heterocycles. The standard InChI is InChI=1S/C28H25F3O/c1-3-16-32-26-15-14-24(27(30)28(26)31)21-10-8-20(9-11-21)23-13-12-22(17-25(23)29)19-6-4-18(2)5-7-19/h3,6,8-18H,4-5,7H2,1-2H3/b16-3-. The van der Waals surface area contributed by atoms with E-state index in [0.717, 1.165) is 24.8 Å². The fourth-order valence-electron chi connectivity index (χ4n) is 3.99. The molecule has 0 spiro atoms. The zero-order valence-electron chi connectivity index (χ0n) is 18.2. The highest BCUT2D eigenvalue weighted by atomic mass is 19.2. The van der Waals surface area contributed by atoms with Gasteiger partial charge in [0.25, 0.3) is 0 Å². The molecule has 4 heteroatoms. The van der Waals surface area contributed by atoms with Crippen LogP contribution in [0, 0.1) is 23.4 Å². The van der Waals surface area contributed by atoms with Crippen LogP contribution in [0.2, 0.25) is 0 Å². The lowest BCUT2D eigenvalue weighted by atomic mass is 9.87. The first-order valence-electron chi connectivity index (χ1n) is 10.8. The summed E-state index contributed by atoms with van der Waals surface area (Å²) in [5, 5.41) is 0. The van der Waals surface area contributed by atoms with Crippen molar-refractivity contribution in [1.29, 1.82) is 0 Å². The van der Waals surface area contributed by atoms with Crippen molar-refractivity contribution in [2.45, 2.75) is 33.1 Å². The highest BCUT2D eigenvalue weighted by Gasteiger charge is 2.17. The van der Waals surface area contributed by atoms with E-state index in [2.05, 4.69) is 13.0 Å². The zero-order valence-corrected chi connectivity index (χ0v) is 18.2. The molecule has 0 bridgehead atoms. The summed E-state index contributed by atoms with van der Waals surface area (Å²) in [7, 11) is 0. The lowest BCUT2D eigenvalue weighted by Crippen LogP contribution is -2.01. The van der Waals surface area contributed by atoms with E-state index in [0.29, 0.717) is 22.6 Å². The zero-order chi connectivity index (χ0) is 22.7. The summed E-state index contributed by atoms with van der Waals surface area (Å²) in [6.07, 6.45) is 8.20. The summed E-state index contributed by atoms with van der Waals surface area (Å²) in [6.45, 7) is 3.95. The molecule has 1 aliphatic rings. The van der Waals surface area contributed by atoms with E-state index >= 15 is 0 Å². The number of rotatable bonds is 5. The topological polar surface area (TPSA) is 9.23 Å². The Bertz CT molecular complexity index is 1180. The fourth-order valence-corrected chi connectivity index (χ4v) is 3.99. The highest BCUT2D eigenvalue weighted by Crippen LogP contribution is 2.34. The van der Waals surface area contributed by atoms with Gasteiger partial charge in [0, 0.05) is 11.1 Å². The molecule has 1 unspecified atom stereocenters. The Labute approximate surface area is 186 Å². The number of benzene rings is 3. The number of halogens is 3. The predicted octanol–water partition coefficient (Wildman–Crippen LogP) is 8.55. The third-order valence-corrected chi connectivity index (χ3v) is 5.90. The molecule has 0 aliphatic heterocycles. The molecule has 0 N–H and O–H groups in total. The van der Waals surface area contributed by atoms with Crippen molar-refractivity contribution < 1.29 is 17.9 Å². The molecule has 0 saturated carbocycles. The summed E-state index contributed by atoms with van der Waals surface area (Å²) in [5.74, 6) is -1.82. The third kappa shape index (κ3) is 4.50. The minimum atomic E-state index is -1.04. The first-order valence-corrected chi connectivity index (χ1v) is 10.8. The van der Waals surface area contributed by atoms with Gasteiger partial charge in [0.2, 0.25) is 5.82 Å².